The highest BCUT2D eigenvalue weighted by Gasteiger charge is 2.34. The first kappa shape index (κ1) is 14.9. The lowest BCUT2D eigenvalue weighted by atomic mass is 9.98. The Kier molecular flexibility index (Phi) is 3.93. The van der Waals surface area contributed by atoms with E-state index >= 15 is 0 Å². The minimum absolute atomic E-state index is 0.170. The van der Waals surface area contributed by atoms with Crippen LogP contribution in [-0.2, 0) is 23.1 Å². The third-order valence-electron chi connectivity index (χ3n) is 5.08. The van der Waals surface area contributed by atoms with Crippen LogP contribution >= 0.6 is 0 Å². The van der Waals surface area contributed by atoms with Crippen LogP contribution in [-0.4, -0.2) is 45.6 Å². The van der Waals surface area contributed by atoms with E-state index in [0.29, 0.717) is 19.7 Å². The molecule has 2 heterocycles. The molecule has 1 amide bonds. The van der Waals surface area contributed by atoms with Crippen molar-refractivity contribution < 1.29 is 9.53 Å². The molecule has 4 rings (SSSR count). The highest BCUT2D eigenvalue weighted by molar-refractivity contribution is 5.94. The highest BCUT2D eigenvalue weighted by Crippen LogP contribution is 2.32. The van der Waals surface area contributed by atoms with E-state index in [2.05, 4.69) is 16.4 Å². The van der Waals surface area contributed by atoms with Gasteiger partial charge in [-0.05, 0) is 38.0 Å². The van der Waals surface area contributed by atoms with Gasteiger partial charge in [0.15, 0.2) is 0 Å². The molecule has 1 saturated carbocycles. The summed E-state index contributed by atoms with van der Waals surface area (Å²) in [7, 11) is 1.93. The minimum Gasteiger partial charge on any atom is -0.380 e. The Labute approximate surface area is 136 Å². The van der Waals surface area contributed by atoms with Crippen LogP contribution in [0.5, 0.6) is 0 Å². The molecule has 23 heavy (non-hydrogen) atoms. The molecule has 1 aromatic rings. The molecule has 0 radical (unpaired) electrons. The molecule has 3 aliphatic rings. The molecular formula is C17H24N4O2. The minimum atomic E-state index is 0.170. The van der Waals surface area contributed by atoms with Crippen LogP contribution in [0.15, 0.2) is 11.6 Å². The number of carbonyl (C=O) groups excluding carboxylic acids is 1. The molecule has 0 aromatic carbocycles. The SMILES string of the molecule is Cn1nnc2c1[C@@H](COCC1CC1)CN(C(=O)C1=CCCC1)C2. The Balaban J connectivity index is 1.49. The van der Waals surface area contributed by atoms with Crippen molar-refractivity contribution in [3.05, 3.63) is 23.0 Å². The Morgan fingerprint density at radius 1 is 1.39 bits per heavy atom. The summed E-state index contributed by atoms with van der Waals surface area (Å²) >= 11 is 0. The van der Waals surface area contributed by atoms with Crippen molar-refractivity contribution >= 4 is 5.91 Å². The van der Waals surface area contributed by atoms with E-state index < -0.39 is 0 Å². The topological polar surface area (TPSA) is 60.2 Å². The fraction of sp³-hybridized carbons (Fsp3) is 0.706. The van der Waals surface area contributed by atoms with Crippen molar-refractivity contribution in [2.75, 3.05) is 19.8 Å². The standard InChI is InChI=1S/C17H24N4O2/c1-20-16-14(11-23-10-12-6-7-12)8-21(9-15(16)18-19-20)17(22)13-4-2-3-5-13/h4,12,14H,2-3,5-11H2,1H3/t14-/m1/s1. The smallest absolute Gasteiger partial charge is 0.249 e. The van der Waals surface area contributed by atoms with Crippen LogP contribution in [0.2, 0.25) is 0 Å². The fourth-order valence-corrected chi connectivity index (χ4v) is 3.63. The largest absolute Gasteiger partial charge is 0.380 e. The number of fused-ring (bicyclic) bond motifs is 1. The molecule has 124 valence electrons. The first-order valence-corrected chi connectivity index (χ1v) is 8.67. The first-order valence-electron chi connectivity index (χ1n) is 8.67. The monoisotopic (exact) mass is 316 g/mol. The van der Waals surface area contributed by atoms with Gasteiger partial charge < -0.3 is 9.64 Å². The van der Waals surface area contributed by atoms with Gasteiger partial charge in [0, 0.05) is 31.7 Å². The number of hydrogen-bond acceptors (Lipinski definition) is 4. The van der Waals surface area contributed by atoms with Crippen LogP contribution < -0.4 is 0 Å². The van der Waals surface area contributed by atoms with E-state index in [1.807, 2.05) is 16.6 Å². The van der Waals surface area contributed by atoms with E-state index in [1.54, 1.807) is 0 Å². The average molecular weight is 316 g/mol. The molecule has 1 fully saturated rings. The molecule has 0 N–H and O–H groups in total. The highest BCUT2D eigenvalue weighted by atomic mass is 16.5. The van der Waals surface area contributed by atoms with Gasteiger partial charge >= 0.3 is 0 Å². The predicted octanol–water partition coefficient (Wildman–Crippen LogP) is 1.78. The zero-order valence-electron chi connectivity index (χ0n) is 13.7. The van der Waals surface area contributed by atoms with Gasteiger partial charge in [-0.2, -0.15) is 0 Å². The molecule has 2 aliphatic carbocycles. The Morgan fingerprint density at radius 3 is 3.00 bits per heavy atom. The maximum absolute atomic E-state index is 12.7. The van der Waals surface area contributed by atoms with Gasteiger partial charge in [0.1, 0.15) is 5.69 Å². The van der Waals surface area contributed by atoms with Crippen LogP contribution in [0.4, 0.5) is 0 Å². The number of allylic oxidation sites excluding steroid dienone is 1. The molecule has 6 heteroatoms. The number of aromatic nitrogens is 3. The number of ether oxygens (including phenoxy) is 1. The number of hydrogen-bond donors (Lipinski definition) is 0. The lowest BCUT2D eigenvalue weighted by Gasteiger charge is -2.32. The normalized spacial score (nSPS) is 23.8. The summed E-state index contributed by atoms with van der Waals surface area (Å²) in [6, 6.07) is 0. The van der Waals surface area contributed by atoms with Crippen molar-refractivity contribution in [3.8, 4) is 0 Å². The summed E-state index contributed by atoms with van der Waals surface area (Å²) in [5.74, 6) is 1.10. The predicted molar refractivity (Wildman–Crippen MR) is 84.6 cm³/mol. The van der Waals surface area contributed by atoms with Crippen LogP contribution in [0.1, 0.15) is 49.4 Å². The van der Waals surface area contributed by atoms with Gasteiger partial charge in [-0.1, -0.05) is 11.3 Å². The fourth-order valence-electron chi connectivity index (χ4n) is 3.63. The zero-order chi connectivity index (χ0) is 15.8. The molecule has 0 spiro atoms. The van der Waals surface area contributed by atoms with Crippen molar-refractivity contribution in [3.63, 3.8) is 0 Å². The zero-order valence-corrected chi connectivity index (χ0v) is 13.7. The average Bonchev–Trinajstić information content (AvgIpc) is 3.07. The van der Waals surface area contributed by atoms with E-state index in [1.165, 1.54) is 12.8 Å². The lowest BCUT2D eigenvalue weighted by molar-refractivity contribution is -0.128. The number of rotatable bonds is 5. The van der Waals surface area contributed by atoms with Crippen molar-refractivity contribution in [1.82, 2.24) is 19.9 Å². The molecular weight excluding hydrogens is 292 g/mol. The molecule has 1 aromatic heterocycles. The first-order chi connectivity index (χ1) is 11.2. The summed E-state index contributed by atoms with van der Waals surface area (Å²) in [5.41, 5.74) is 3.02. The molecule has 1 aliphatic heterocycles. The van der Waals surface area contributed by atoms with E-state index in [-0.39, 0.29) is 11.8 Å². The molecule has 0 unspecified atom stereocenters. The van der Waals surface area contributed by atoms with Gasteiger partial charge in [-0.25, -0.2) is 0 Å². The van der Waals surface area contributed by atoms with E-state index in [4.69, 9.17) is 4.74 Å². The third-order valence-corrected chi connectivity index (χ3v) is 5.08. The lowest BCUT2D eigenvalue weighted by Crippen LogP contribution is -2.40. The maximum Gasteiger partial charge on any atom is 0.249 e. The van der Waals surface area contributed by atoms with Crippen molar-refractivity contribution in [2.45, 2.75) is 44.6 Å². The number of aryl methyl sites for hydroxylation is 1. The van der Waals surface area contributed by atoms with Gasteiger partial charge in [-0.3, -0.25) is 9.48 Å². The molecule has 0 saturated heterocycles. The quantitative estimate of drug-likeness (QED) is 0.831. The summed E-state index contributed by atoms with van der Waals surface area (Å²) < 4.78 is 7.75. The van der Waals surface area contributed by atoms with Crippen molar-refractivity contribution in [1.29, 1.82) is 0 Å². The van der Waals surface area contributed by atoms with E-state index in [9.17, 15) is 4.79 Å². The summed E-state index contributed by atoms with van der Waals surface area (Å²) in [6.45, 7) is 2.76. The van der Waals surface area contributed by atoms with Crippen LogP contribution in [0.25, 0.3) is 0 Å². The van der Waals surface area contributed by atoms with Gasteiger partial charge in [0.05, 0.1) is 18.8 Å². The van der Waals surface area contributed by atoms with Gasteiger partial charge in [-0.15, -0.1) is 5.10 Å². The van der Waals surface area contributed by atoms with Crippen LogP contribution in [0, 0.1) is 5.92 Å². The maximum atomic E-state index is 12.7. The number of amides is 1. The molecule has 0 bridgehead atoms. The second-order valence-corrected chi connectivity index (χ2v) is 7.03. The molecule has 6 nitrogen and oxygen atoms in total. The van der Waals surface area contributed by atoms with E-state index in [0.717, 1.165) is 48.7 Å². The summed E-state index contributed by atoms with van der Waals surface area (Å²) in [5, 5.41) is 8.42. The Bertz CT molecular complexity index is 633. The van der Waals surface area contributed by atoms with Gasteiger partial charge in [0.2, 0.25) is 5.91 Å². The Hall–Kier alpha value is -1.69. The van der Waals surface area contributed by atoms with Crippen molar-refractivity contribution in [2.24, 2.45) is 13.0 Å². The summed E-state index contributed by atoms with van der Waals surface area (Å²) in [4.78, 5) is 14.6. The molecule has 1 atom stereocenters. The van der Waals surface area contributed by atoms with Gasteiger partial charge in [0.25, 0.3) is 0 Å². The van der Waals surface area contributed by atoms with Crippen LogP contribution in [0.3, 0.4) is 0 Å². The second kappa shape index (κ2) is 6.07. The second-order valence-electron chi connectivity index (χ2n) is 7.03. The Morgan fingerprint density at radius 2 is 2.26 bits per heavy atom. The number of carbonyl (C=O) groups is 1. The summed E-state index contributed by atoms with van der Waals surface area (Å²) in [6.07, 6.45) is 7.71. The number of nitrogens with zero attached hydrogens (tertiary/aromatic N) is 4. The third kappa shape index (κ3) is 3.04.